The predicted molar refractivity (Wildman–Crippen MR) is 93.2 cm³/mol. The lowest BCUT2D eigenvalue weighted by atomic mass is 9.99. The van der Waals surface area contributed by atoms with Crippen LogP contribution in [0.1, 0.15) is 33.0 Å². The molecule has 0 bridgehead atoms. The maximum Gasteiger partial charge on any atom is 0.326 e. The van der Waals surface area contributed by atoms with Crippen molar-refractivity contribution in [3.05, 3.63) is 30.1 Å². The van der Waals surface area contributed by atoms with Gasteiger partial charge in [-0.3, -0.25) is 0 Å². The Balaban J connectivity index is 2.17. The second-order valence-electron chi connectivity index (χ2n) is 5.96. The number of carbonyl (C=O) groups is 1. The van der Waals surface area contributed by atoms with Crippen LogP contribution in [0, 0.1) is 5.92 Å². The van der Waals surface area contributed by atoms with E-state index in [9.17, 15) is 9.90 Å². The number of anilines is 1. The van der Waals surface area contributed by atoms with Crippen LogP contribution in [0.5, 0.6) is 0 Å². The number of rotatable bonds is 6. The van der Waals surface area contributed by atoms with Gasteiger partial charge in [-0.2, -0.15) is 0 Å². The number of aryl methyl sites for hydroxylation is 1. The van der Waals surface area contributed by atoms with Crippen LogP contribution < -0.4 is 5.32 Å². The molecule has 0 fully saturated rings. The summed E-state index contributed by atoms with van der Waals surface area (Å²) < 4.78 is 5.90. The Labute approximate surface area is 139 Å². The van der Waals surface area contributed by atoms with E-state index < -0.39 is 12.0 Å². The molecule has 2 atom stereocenters. The molecule has 3 aromatic rings. The predicted octanol–water partition coefficient (Wildman–Crippen LogP) is 3.85. The summed E-state index contributed by atoms with van der Waals surface area (Å²) in [4.78, 5) is 20.7. The van der Waals surface area contributed by atoms with Gasteiger partial charge in [0, 0.05) is 11.8 Å². The first-order valence-electron chi connectivity index (χ1n) is 8.22. The van der Waals surface area contributed by atoms with Gasteiger partial charge in [-0.15, -0.1) is 0 Å². The molecular formula is C18H21N3O3. The van der Waals surface area contributed by atoms with Gasteiger partial charge in [0.05, 0.1) is 0 Å². The smallest absolute Gasteiger partial charge is 0.326 e. The van der Waals surface area contributed by atoms with Crippen molar-refractivity contribution >= 4 is 33.9 Å². The largest absolute Gasteiger partial charge is 0.480 e. The zero-order chi connectivity index (χ0) is 17.3. The number of nitrogens with zero attached hydrogens (tertiary/aromatic N) is 2. The molecule has 0 spiro atoms. The number of hydrogen-bond donors (Lipinski definition) is 2. The Morgan fingerprint density at radius 3 is 2.71 bits per heavy atom. The zero-order valence-corrected chi connectivity index (χ0v) is 14.0. The van der Waals surface area contributed by atoms with E-state index in [4.69, 9.17) is 4.42 Å². The summed E-state index contributed by atoms with van der Waals surface area (Å²) in [6, 6.07) is 6.91. The van der Waals surface area contributed by atoms with Crippen LogP contribution in [0.3, 0.4) is 0 Å². The third-order valence-electron chi connectivity index (χ3n) is 4.35. The van der Waals surface area contributed by atoms with Gasteiger partial charge in [-0.05, 0) is 18.1 Å². The Hall–Kier alpha value is -2.63. The Morgan fingerprint density at radius 2 is 2.04 bits per heavy atom. The summed E-state index contributed by atoms with van der Waals surface area (Å²) in [5.41, 5.74) is 1.93. The second kappa shape index (κ2) is 6.47. The molecule has 6 nitrogen and oxygen atoms in total. The maximum atomic E-state index is 11.6. The number of fused-ring (bicyclic) bond motifs is 3. The van der Waals surface area contributed by atoms with E-state index in [2.05, 4.69) is 15.3 Å². The standard InChI is InChI=1S/C18H21N3O3/c1-4-10(3)14(18(22)23)21-17-16-15(19-13(5-2)20-17)11-8-6-7-9-12(11)24-16/h6-10,14H,4-5H2,1-3H3,(H,22,23)(H,19,20,21)/t10-,14-/m0/s1. The summed E-state index contributed by atoms with van der Waals surface area (Å²) in [6.07, 6.45) is 1.41. The highest BCUT2D eigenvalue weighted by Crippen LogP contribution is 2.32. The number of aromatic nitrogens is 2. The number of nitrogens with one attached hydrogen (secondary N) is 1. The molecule has 24 heavy (non-hydrogen) atoms. The summed E-state index contributed by atoms with van der Waals surface area (Å²) in [5.74, 6) is 0.165. The second-order valence-corrected chi connectivity index (χ2v) is 5.96. The van der Waals surface area contributed by atoms with Crippen molar-refractivity contribution in [1.29, 1.82) is 0 Å². The fourth-order valence-electron chi connectivity index (χ4n) is 2.72. The molecule has 0 aliphatic heterocycles. The minimum Gasteiger partial charge on any atom is -0.480 e. The van der Waals surface area contributed by atoms with E-state index in [1.807, 2.05) is 45.0 Å². The normalized spacial score (nSPS) is 14.0. The van der Waals surface area contributed by atoms with Gasteiger partial charge in [0.15, 0.2) is 11.4 Å². The highest BCUT2D eigenvalue weighted by molar-refractivity contribution is 6.05. The molecule has 0 unspecified atom stereocenters. The lowest BCUT2D eigenvalue weighted by Crippen LogP contribution is -2.35. The molecule has 2 aromatic heterocycles. The maximum absolute atomic E-state index is 11.6. The molecule has 0 amide bonds. The summed E-state index contributed by atoms with van der Waals surface area (Å²) in [6.45, 7) is 5.84. The molecular weight excluding hydrogens is 306 g/mol. The lowest BCUT2D eigenvalue weighted by Gasteiger charge is -2.20. The van der Waals surface area contributed by atoms with Gasteiger partial charge < -0.3 is 14.8 Å². The van der Waals surface area contributed by atoms with Crippen molar-refractivity contribution in [2.24, 2.45) is 5.92 Å². The molecule has 2 N–H and O–H groups in total. The van der Waals surface area contributed by atoms with Crippen molar-refractivity contribution in [2.75, 3.05) is 5.32 Å². The van der Waals surface area contributed by atoms with Crippen molar-refractivity contribution in [3.63, 3.8) is 0 Å². The Kier molecular flexibility index (Phi) is 4.38. The molecule has 0 aliphatic carbocycles. The molecule has 2 heterocycles. The van der Waals surface area contributed by atoms with Gasteiger partial charge in [-0.1, -0.05) is 39.3 Å². The van der Waals surface area contributed by atoms with Crippen LogP contribution in [-0.4, -0.2) is 27.1 Å². The Bertz CT molecular complexity index is 888. The number of para-hydroxylation sites is 1. The SMILES string of the molecule is CCc1nc(N[C@H](C(=O)O)[C@@H](C)CC)c2oc3ccccc3c2n1. The van der Waals surface area contributed by atoms with E-state index in [1.165, 1.54) is 0 Å². The zero-order valence-electron chi connectivity index (χ0n) is 14.0. The average Bonchev–Trinajstić information content (AvgIpc) is 2.97. The molecule has 0 radical (unpaired) electrons. The number of benzene rings is 1. The molecule has 1 aromatic carbocycles. The Morgan fingerprint density at radius 1 is 1.29 bits per heavy atom. The van der Waals surface area contributed by atoms with Gasteiger partial charge in [-0.25, -0.2) is 14.8 Å². The third kappa shape index (κ3) is 2.79. The van der Waals surface area contributed by atoms with E-state index >= 15 is 0 Å². The fourth-order valence-corrected chi connectivity index (χ4v) is 2.72. The minimum atomic E-state index is -0.898. The van der Waals surface area contributed by atoms with Crippen LogP contribution in [0.4, 0.5) is 5.82 Å². The minimum absolute atomic E-state index is 0.0398. The van der Waals surface area contributed by atoms with Gasteiger partial charge in [0.25, 0.3) is 0 Å². The molecule has 0 saturated heterocycles. The first-order chi connectivity index (χ1) is 11.5. The van der Waals surface area contributed by atoms with Crippen LogP contribution in [0.25, 0.3) is 22.1 Å². The van der Waals surface area contributed by atoms with Crippen LogP contribution in [0.15, 0.2) is 28.7 Å². The third-order valence-corrected chi connectivity index (χ3v) is 4.35. The number of carboxylic acid groups (broad SMARTS) is 1. The van der Waals surface area contributed by atoms with Gasteiger partial charge in [0.1, 0.15) is 23.0 Å². The number of hydrogen-bond acceptors (Lipinski definition) is 5. The number of carboxylic acids is 1. The van der Waals surface area contributed by atoms with Crippen LogP contribution in [-0.2, 0) is 11.2 Å². The quantitative estimate of drug-likeness (QED) is 0.715. The van der Waals surface area contributed by atoms with Crippen molar-refractivity contribution in [3.8, 4) is 0 Å². The van der Waals surface area contributed by atoms with Crippen LogP contribution >= 0.6 is 0 Å². The van der Waals surface area contributed by atoms with E-state index in [1.54, 1.807) is 0 Å². The number of aliphatic carboxylic acids is 1. The van der Waals surface area contributed by atoms with E-state index in [0.29, 0.717) is 34.7 Å². The summed E-state index contributed by atoms with van der Waals surface area (Å²) in [7, 11) is 0. The highest BCUT2D eigenvalue weighted by Gasteiger charge is 2.26. The topological polar surface area (TPSA) is 88.2 Å². The van der Waals surface area contributed by atoms with E-state index in [-0.39, 0.29) is 5.92 Å². The van der Waals surface area contributed by atoms with Crippen molar-refractivity contribution in [1.82, 2.24) is 9.97 Å². The summed E-state index contributed by atoms with van der Waals surface area (Å²) >= 11 is 0. The van der Waals surface area contributed by atoms with Crippen molar-refractivity contribution < 1.29 is 14.3 Å². The van der Waals surface area contributed by atoms with Gasteiger partial charge >= 0.3 is 5.97 Å². The first-order valence-corrected chi connectivity index (χ1v) is 8.22. The fraction of sp³-hybridized carbons (Fsp3) is 0.389. The lowest BCUT2D eigenvalue weighted by molar-refractivity contribution is -0.139. The molecule has 0 aliphatic rings. The molecule has 126 valence electrons. The summed E-state index contributed by atoms with van der Waals surface area (Å²) in [5, 5.41) is 13.5. The average molecular weight is 327 g/mol. The van der Waals surface area contributed by atoms with Crippen LogP contribution in [0.2, 0.25) is 0 Å². The molecule has 6 heteroatoms. The molecule has 0 saturated carbocycles. The first kappa shape index (κ1) is 16.2. The number of furan rings is 1. The molecule has 3 rings (SSSR count). The van der Waals surface area contributed by atoms with E-state index in [0.717, 1.165) is 11.8 Å². The monoisotopic (exact) mass is 327 g/mol. The van der Waals surface area contributed by atoms with Crippen molar-refractivity contribution in [2.45, 2.75) is 39.7 Å². The van der Waals surface area contributed by atoms with Gasteiger partial charge in [0.2, 0.25) is 0 Å². The highest BCUT2D eigenvalue weighted by atomic mass is 16.4.